The molecule has 5 nitrogen and oxygen atoms in total. The van der Waals surface area contributed by atoms with E-state index in [0.29, 0.717) is 36.7 Å². The van der Waals surface area contributed by atoms with Crippen LogP contribution in [0.15, 0.2) is 40.9 Å². The first kappa shape index (κ1) is 21.7. The van der Waals surface area contributed by atoms with Crippen LogP contribution in [-0.2, 0) is 11.2 Å². The Balaban J connectivity index is 0.00000131. The Morgan fingerprint density at radius 1 is 1.15 bits per heavy atom. The van der Waals surface area contributed by atoms with Crippen molar-refractivity contribution in [1.29, 1.82) is 0 Å². The lowest BCUT2D eigenvalue weighted by Gasteiger charge is -2.27. The fourth-order valence-corrected chi connectivity index (χ4v) is 4.07. The molecule has 7 heteroatoms. The average Bonchev–Trinajstić information content (AvgIpc) is 3.19. The maximum Gasteiger partial charge on any atom is 0.223 e. The number of amides is 1. The number of halogens is 2. The molecular formula is C20H27Cl2N3O2. The van der Waals surface area contributed by atoms with E-state index in [1.54, 1.807) is 6.20 Å². The molecule has 148 valence electrons. The number of oxazole rings is 1. The molecule has 4 rings (SSSR count). The molecule has 2 fully saturated rings. The zero-order chi connectivity index (χ0) is 17.1. The van der Waals surface area contributed by atoms with E-state index >= 15 is 0 Å². The normalized spacial score (nSPS) is 21.1. The quantitative estimate of drug-likeness (QED) is 0.810. The zero-order valence-corrected chi connectivity index (χ0v) is 16.9. The summed E-state index contributed by atoms with van der Waals surface area (Å²) in [5.41, 5.74) is 1.03. The molecule has 0 spiro atoms. The number of aromatic nitrogens is 1. The highest BCUT2D eigenvalue weighted by Gasteiger charge is 2.37. The van der Waals surface area contributed by atoms with E-state index in [4.69, 9.17) is 4.42 Å². The molecule has 0 radical (unpaired) electrons. The third-order valence-corrected chi connectivity index (χ3v) is 5.34. The van der Waals surface area contributed by atoms with Gasteiger partial charge in [0.2, 0.25) is 5.91 Å². The van der Waals surface area contributed by atoms with Crippen molar-refractivity contribution in [2.75, 3.05) is 13.1 Å². The summed E-state index contributed by atoms with van der Waals surface area (Å²) < 4.78 is 5.83. The van der Waals surface area contributed by atoms with Gasteiger partial charge in [0.25, 0.3) is 0 Å². The van der Waals surface area contributed by atoms with E-state index in [2.05, 4.69) is 15.2 Å². The second-order valence-corrected chi connectivity index (χ2v) is 7.02. The molecule has 2 aromatic rings. The number of rotatable bonds is 5. The SMILES string of the molecule is Cl.Cl.O=C(CCCc1ncc(-c2ccccc2)o1)N1C2CCNCC1CC2. The van der Waals surface area contributed by atoms with Gasteiger partial charge in [-0.3, -0.25) is 4.79 Å². The van der Waals surface area contributed by atoms with Crippen molar-refractivity contribution in [3.8, 4) is 11.3 Å². The summed E-state index contributed by atoms with van der Waals surface area (Å²) >= 11 is 0. The Hall–Kier alpha value is -1.56. The monoisotopic (exact) mass is 411 g/mol. The first-order valence-electron chi connectivity index (χ1n) is 9.33. The van der Waals surface area contributed by atoms with Crippen LogP contribution in [0.5, 0.6) is 0 Å². The van der Waals surface area contributed by atoms with E-state index in [9.17, 15) is 4.79 Å². The Labute approximate surface area is 172 Å². The van der Waals surface area contributed by atoms with E-state index in [0.717, 1.165) is 50.1 Å². The minimum absolute atomic E-state index is 0. The lowest BCUT2D eigenvalue weighted by atomic mass is 10.1. The van der Waals surface area contributed by atoms with Crippen molar-refractivity contribution < 1.29 is 9.21 Å². The van der Waals surface area contributed by atoms with Crippen molar-refractivity contribution >= 4 is 30.7 Å². The molecule has 2 bridgehead atoms. The molecule has 1 N–H and O–H groups in total. The smallest absolute Gasteiger partial charge is 0.223 e. The highest BCUT2D eigenvalue weighted by molar-refractivity contribution is 5.85. The maximum atomic E-state index is 12.7. The third kappa shape index (κ3) is 5.03. The van der Waals surface area contributed by atoms with Crippen LogP contribution in [0, 0.1) is 0 Å². The first-order valence-corrected chi connectivity index (χ1v) is 9.33. The Kier molecular flexibility index (Phi) is 8.14. The number of nitrogens with one attached hydrogen (secondary N) is 1. The highest BCUT2D eigenvalue weighted by Crippen LogP contribution is 2.29. The van der Waals surface area contributed by atoms with Crippen LogP contribution in [0.2, 0.25) is 0 Å². The van der Waals surface area contributed by atoms with Gasteiger partial charge in [0.15, 0.2) is 11.7 Å². The van der Waals surface area contributed by atoms with Crippen LogP contribution in [-0.4, -0.2) is 41.0 Å². The van der Waals surface area contributed by atoms with Gasteiger partial charge in [-0.25, -0.2) is 4.98 Å². The molecule has 1 amide bonds. The van der Waals surface area contributed by atoms with Gasteiger partial charge in [-0.1, -0.05) is 30.3 Å². The topological polar surface area (TPSA) is 58.4 Å². The summed E-state index contributed by atoms with van der Waals surface area (Å²) in [6.45, 7) is 1.98. The van der Waals surface area contributed by atoms with Gasteiger partial charge in [-0.05, 0) is 32.2 Å². The number of hydrogen-bond donors (Lipinski definition) is 1. The Bertz CT molecular complexity index is 709. The summed E-state index contributed by atoms with van der Waals surface area (Å²) in [7, 11) is 0. The molecule has 27 heavy (non-hydrogen) atoms. The van der Waals surface area contributed by atoms with Gasteiger partial charge in [-0.15, -0.1) is 24.8 Å². The van der Waals surface area contributed by atoms with Crippen molar-refractivity contribution in [2.45, 2.75) is 50.6 Å². The predicted octanol–water partition coefficient (Wildman–Crippen LogP) is 3.86. The number of benzene rings is 1. The van der Waals surface area contributed by atoms with Gasteiger partial charge in [0, 0.05) is 37.0 Å². The second kappa shape index (κ2) is 10.1. The van der Waals surface area contributed by atoms with Crippen molar-refractivity contribution in [3.05, 3.63) is 42.4 Å². The molecular weight excluding hydrogens is 385 g/mol. The van der Waals surface area contributed by atoms with Crippen LogP contribution >= 0.6 is 24.8 Å². The fourth-order valence-electron chi connectivity index (χ4n) is 4.07. The molecule has 2 saturated heterocycles. The Morgan fingerprint density at radius 2 is 1.93 bits per heavy atom. The molecule has 2 aliphatic heterocycles. The first-order chi connectivity index (χ1) is 12.3. The number of nitrogens with zero attached hydrogens (tertiary/aromatic N) is 2. The van der Waals surface area contributed by atoms with Gasteiger partial charge in [0.05, 0.1) is 6.20 Å². The minimum Gasteiger partial charge on any atom is -0.441 e. The van der Waals surface area contributed by atoms with Crippen LogP contribution in [0.1, 0.15) is 38.0 Å². The van der Waals surface area contributed by atoms with E-state index < -0.39 is 0 Å². The summed E-state index contributed by atoms with van der Waals surface area (Å²) in [6.07, 6.45) is 7.24. The number of fused-ring (bicyclic) bond motifs is 2. The minimum atomic E-state index is 0. The molecule has 3 heterocycles. The lowest BCUT2D eigenvalue weighted by Crippen LogP contribution is -2.42. The van der Waals surface area contributed by atoms with Gasteiger partial charge < -0.3 is 14.6 Å². The second-order valence-electron chi connectivity index (χ2n) is 7.02. The third-order valence-electron chi connectivity index (χ3n) is 5.34. The maximum absolute atomic E-state index is 12.7. The van der Waals surface area contributed by atoms with Gasteiger partial charge in [-0.2, -0.15) is 0 Å². The number of carbonyl (C=O) groups excluding carboxylic acids is 1. The molecule has 0 saturated carbocycles. The summed E-state index contributed by atoms with van der Waals surface area (Å²) in [5, 5.41) is 3.44. The number of carbonyl (C=O) groups is 1. The summed E-state index contributed by atoms with van der Waals surface area (Å²) in [6, 6.07) is 10.8. The standard InChI is InChI=1S/C20H25N3O2.2ClH/c24-20(23-16-9-10-17(23)13-21-12-11-16)8-4-7-19-22-14-18(25-19)15-5-2-1-3-6-15;;/h1-3,5-6,14,16-17,21H,4,7-13H2;2*1H. The van der Waals surface area contributed by atoms with Crippen LogP contribution in [0.4, 0.5) is 0 Å². The average molecular weight is 412 g/mol. The number of aryl methyl sites for hydroxylation is 1. The van der Waals surface area contributed by atoms with Crippen molar-refractivity contribution in [2.24, 2.45) is 0 Å². The Morgan fingerprint density at radius 3 is 2.74 bits per heavy atom. The molecule has 2 unspecified atom stereocenters. The van der Waals surface area contributed by atoms with Crippen LogP contribution in [0.25, 0.3) is 11.3 Å². The van der Waals surface area contributed by atoms with Crippen molar-refractivity contribution in [1.82, 2.24) is 15.2 Å². The fraction of sp³-hybridized carbons (Fsp3) is 0.500. The molecule has 2 aliphatic rings. The number of hydrogen-bond acceptors (Lipinski definition) is 4. The van der Waals surface area contributed by atoms with Crippen molar-refractivity contribution in [3.63, 3.8) is 0 Å². The lowest BCUT2D eigenvalue weighted by molar-refractivity contribution is -0.133. The zero-order valence-electron chi connectivity index (χ0n) is 15.3. The largest absolute Gasteiger partial charge is 0.441 e. The van der Waals surface area contributed by atoms with E-state index in [1.807, 2.05) is 30.3 Å². The van der Waals surface area contributed by atoms with Crippen LogP contribution < -0.4 is 5.32 Å². The molecule has 1 aromatic carbocycles. The van der Waals surface area contributed by atoms with Crippen LogP contribution in [0.3, 0.4) is 0 Å². The highest BCUT2D eigenvalue weighted by atomic mass is 35.5. The molecule has 1 aromatic heterocycles. The molecule has 2 atom stereocenters. The summed E-state index contributed by atoms with van der Waals surface area (Å²) in [4.78, 5) is 19.2. The summed E-state index contributed by atoms with van der Waals surface area (Å²) in [5.74, 6) is 1.80. The van der Waals surface area contributed by atoms with Gasteiger partial charge >= 0.3 is 0 Å². The molecule has 0 aliphatic carbocycles. The van der Waals surface area contributed by atoms with E-state index in [-0.39, 0.29) is 24.8 Å². The van der Waals surface area contributed by atoms with Gasteiger partial charge in [0.1, 0.15) is 0 Å². The predicted molar refractivity (Wildman–Crippen MR) is 111 cm³/mol. The van der Waals surface area contributed by atoms with E-state index in [1.165, 1.54) is 0 Å².